The van der Waals surface area contributed by atoms with E-state index in [-0.39, 0.29) is 6.61 Å². The van der Waals surface area contributed by atoms with E-state index in [1.807, 2.05) is 0 Å². The normalized spacial score (nSPS) is 10.7. The third kappa shape index (κ3) is 5.51. The molecule has 0 saturated carbocycles. The minimum Gasteiger partial charge on any atom is -0.396 e. The Morgan fingerprint density at radius 3 is 2.74 bits per heavy atom. The van der Waals surface area contributed by atoms with Crippen molar-refractivity contribution in [3.63, 3.8) is 0 Å². The van der Waals surface area contributed by atoms with Crippen LogP contribution in [0, 0.1) is 0 Å². The van der Waals surface area contributed by atoms with Gasteiger partial charge in [0.15, 0.2) is 0 Å². The van der Waals surface area contributed by atoms with Gasteiger partial charge in [-0.3, -0.25) is 0 Å². The lowest BCUT2D eigenvalue weighted by Gasteiger charge is -2.26. The Morgan fingerprint density at radius 2 is 2.11 bits per heavy atom. The second-order valence-electron chi connectivity index (χ2n) is 4.61. The van der Waals surface area contributed by atoms with Crippen LogP contribution >= 0.6 is 15.9 Å². The first kappa shape index (κ1) is 16.5. The lowest BCUT2D eigenvalue weighted by atomic mass is 10.1. The van der Waals surface area contributed by atoms with Gasteiger partial charge < -0.3 is 15.3 Å². The average Bonchev–Trinajstić information content (AvgIpc) is 2.42. The minimum atomic E-state index is 0.244. The topological polar surface area (TPSA) is 35.5 Å². The third-order valence-corrected chi connectivity index (χ3v) is 3.59. The van der Waals surface area contributed by atoms with Crippen LogP contribution in [0.2, 0.25) is 0 Å². The molecule has 0 aromatic heterocycles. The van der Waals surface area contributed by atoms with E-state index in [0.717, 1.165) is 43.5 Å². The third-order valence-electron chi connectivity index (χ3n) is 3.10. The van der Waals surface area contributed by atoms with E-state index in [0.29, 0.717) is 0 Å². The van der Waals surface area contributed by atoms with Crippen LogP contribution in [-0.4, -0.2) is 31.3 Å². The van der Waals surface area contributed by atoms with Crippen molar-refractivity contribution >= 4 is 21.6 Å². The molecule has 0 bridgehead atoms. The summed E-state index contributed by atoms with van der Waals surface area (Å²) in [5, 5.41) is 12.5. The highest BCUT2D eigenvalue weighted by molar-refractivity contribution is 9.10. The molecule has 4 heteroatoms. The van der Waals surface area contributed by atoms with Gasteiger partial charge in [-0.25, -0.2) is 0 Å². The van der Waals surface area contributed by atoms with Crippen molar-refractivity contribution in [1.29, 1.82) is 0 Å². The van der Waals surface area contributed by atoms with Gasteiger partial charge in [0.05, 0.1) is 0 Å². The van der Waals surface area contributed by atoms with Crippen molar-refractivity contribution in [2.45, 2.75) is 33.2 Å². The first-order valence-corrected chi connectivity index (χ1v) is 7.87. The van der Waals surface area contributed by atoms with Crippen LogP contribution in [0.25, 0.3) is 0 Å². The van der Waals surface area contributed by atoms with E-state index in [1.54, 1.807) is 0 Å². The van der Waals surface area contributed by atoms with Crippen molar-refractivity contribution < 1.29 is 5.11 Å². The van der Waals surface area contributed by atoms with E-state index >= 15 is 0 Å². The standard InChI is InChI=1S/C15H25BrN2O/c1-3-8-17-12-13-6-7-14(16)11-15(13)18(4-2)9-5-10-19/h6-7,11,17,19H,3-5,8-10,12H2,1-2H3. The highest BCUT2D eigenvalue weighted by atomic mass is 79.9. The first-order valence-electron chi connectivity index (χ1n) is 7.07. The zero-order valence-electron chi connectivity index (χ0n) is 12.0. The molecule has 1 rings (SSSR count). The number of aliphatic hydroxyl groups is 1. The quantitative estimate of drug-likeness (QED) is 0.683. The summed E-state index contributed by atoms with van der Waals surface area (Å²) in [4.78, 5) is 2.32. The van der Waals surface area contributed by atoms with Crippen molar-refractivity contribution in [3.05, 3.63) is 28.2 Å². The Bertz CT molecular complexity index is 371. The fourth-order valence-corrected chi connectivity index (χ4v) is 2.44. The molecule has 108 valence electrons. The van der Waals surface area contributed by atoms with Crippen molar-refractivity contribution in [2.24, 2.45) is 0 Å². The summed E-state index contributed by atoms with van der Waals surface area (Å²) in [6.45, 7) is 8.36. The van der Waals surface area contributed by atoms with Crippen molar-refractivity contribution in [2.75, 3.05) is 31.1 Å². The average molecular weight is 329 g/mol. The molecule has 0 aliphatic rings. The SMILES string of the molecule is CCCNCc1ccc(Br)cc1N(CC)CCCO. The zero-order valence-corrected chi connectivity index (χ0v) is 13.5. The van der Waals surface area contributed by atoms with Gasteiger partial charge in [-0.15, -0.1) is 0 Å². The van der Waals surface area contributed by atoms with Gasteiger partial charge in [0.2, 0.25) is 0 Å². The second kappa shape index (κ2) is 9.34. The number of benzene rings is 1. The molecule has 0 atom stereocenters. The number of anilines is 1. The largest absolute Gasteiger partial charge is 0.396 e. The van der Waals surface area contributed by atoms with Crippen LogP contribution in [0.15, 0.2) is 22.7 Å². The zero-order chi connectivity index (χ0) is 14.1. The fraction of sp³-hybridized carbons (Fsp3) is 0.600. The number of halogens is 1. The van der Waals surface area contributed by atoms with Gasteiger partial charge in [-0.1, -0.05) is 28.9 Å². The second-order valence-corrected chi connectivity index (χ2v) is 5.52. The number of aliphatic hydroxyl groups excluding tert-OH is 1. The van der Waals surface area contributed by atoms with Gasteiger partial charge in [0.1, 0.15) is 0 Å². The Morgan fingerprint density at radius 1 is 1.32 bits per heavy atom. The number of nitrogens with one attached hydrogen (secondary N) is 1. The Balaban J connectivity index is 2.84. The van der Waals surface area contributed by atoms with E-state index in [2.05, 4.69) is 58.2 Å². The van der Waals surface area contributed by atoms with E-state index in [1.165, 1.54) is 11.3 Å². The summed E-state index contributed by atoms with van der Waals surface area (Å²) in [6, 6.07) is 6.43. The highest BCUT2D eigenvalue weighted by Crippen LogP contribution is 2.25. The lowest BCUT2D eigenvalue weighted by Crippen LogP contribution is -2.27. The molecule has 1 aromatic rings. The first-order chi connectivity index (χ1) is 9.22. The monoisotopic (exact) mass is 328 g/mol. The summed E-state index contributed by atoms with van der Waals surface area (Å²) >= 11 is 3.55. The molecule has 3 nitrogen and oxygen atoms in total. The van der Waals surface area contributed by atoms with Crippen molar-refractivity contribution in [1.82, 2.24) is 5.32 Å². The predicted molar refractivity (Wildman–Crippen MR) is 85.7 cm³/mol. The molecule has 19 heavy (non-hydrogen) atoms. The molecule has 0 unspecified atom stereocenters. The van der Waals surface area contributed by atoms with Gasteiger partial charge >= 0.3 is 0 Å². The summed E-state index contributed by atoms with van der Waals surface area (Å²) in [7, 11) is 0. The van der Waals surface area contributed by atoms with E-state index in [4.69, 9.17) is 5.11 Å². The van der Waals surface area contributed by atoms with E-state index in [9.17, 15) is 0 Å². The van der Waals surface area contributed by atoms with Gasteiger partial charge in [0.25, 0.3) is 0 Å². The molecule has 0 fully saturated rings. The molecular weight excluding hydrogens is 304 g/mol. The van der Waals surface area contributed by atoms with Crippen LogP contribution in [0.1, 0.15) is 32.3 Å². The molecule has 0 spiro atoms. The van der Waals surface area contributed by atoms with Crippen LogP contribution in [-0.2, 0) is 6.54 Å². The lowest BCUT2D eigenvalue weighted by molar-refractivity contribution is 0.289. The Kier molecular flexibility index (Phi) is 8.10. The summed E-state index contributed by atoms with van der Waals surface area (Å²) in [5.41, 5.74) is 2.57. The Labute approximate surface area is 125 Å². The fourth-order valence-electron chi connectivity index (χ4n) is 2.09. The smallest absolute Gasteiger partial charge is 0.0447 e. The van der Waals surface area contributed by atoms with E-state index < -0.39 is 0 Å². The highest BCUT2D eigenvalue weighted by Gasteiger charge is 2.10. The molecule has 0 radical (unpaired) electrons. The van der Waals surface area contributed by atoms with Crippen molar-refractivity contribution in [3.8, 4) is 0 Å². The summed E-state index contributed by atoms with van der Waals surface area (Å²) in [6.07, 6.45) is 1.95. The van der Waals surface area contributed by atoms with Crippen LogP contribution in [0.5, 0.6) is 0 Å². The number of rotatable bonds is 9. The number of nitrogens with zero attached hydrogens (tertiary/aromatic N) is 1. The maximum atomic E-state index is 9.01. The molecule has 2 N–H and O–H groups in total. The maximum absolute atomic E-state index is 9.01. The molecule has 0 aliphatic carbocycles. The number of hydrogen-bond donors (Lipinski definition) is 2. The van der Waals surface area contributed by atoms with Gasteiger partial charge in [-0.2, -0.15) is 0 Å². The molecule has 1 aromatic carbocycles. The summed E-state index contributed by atoms with van der Waals surface area (Å²) in [5.74, 6) is 0. The van der Waals surface area contributed by atoms with Crippen LogP contribution in [0.4, 0.5) is 5.69 Å². The van der Waals surface area contributed by atoms with Gasteiger partial charge in [0, 0.05) is 36.4 Å². The van der Waals surface area contributed by atoms with Crippen LogP contribution in [0.3, 0.4) is 0 Å². The number of hydrogen-bond acceptors (Lipinski definition) is 3. The Hall–Kier alpha value is -0.580. The summed E-state index contributed by atoms with van der Waals surface area (Å²) < 4.78 is 1.10. The minimum absolute atomic E-state index is 0.244. The molecule has 0 amide bonds. The molecule has 0 saturated heterocycles. The van der Waals surface area contributed by atoms with Crippen LogP contribution < -0.4 is 10.2 Å². The van der Waals surface area contributed by atoms with Gasteiger partial charge in [-0.05, 0) is 44.0 Å². The maximum Gasteiger partial charge on any atom is 0.0447 e. The molecular formula is C15H25BrN2O. The molecule has 0 heterocycles. The molecule has 0 aliphatic heterocycles. The predicted octanol–water partition coefficient (Wildman–Crippen LogP) is 3.16.